The molecule has 0 aliphatic carbocycles. The molecular weight excluding hydrogens is 244 g/mol. The van der Waals surface area contributed by atoms with Crippen molar-refractivity contribution in [2.45, 2.75) is 0 Å². The van der Waals surface area contributed by atoms with Crippen molar-refractivity contribution in [3.05, 3.63) is 0 Å². The smallest absolute Gasteiger partial charge is 0.680 e. The van der Waals surface area contributed by atoms with E-state index in [1.165, 1.54) is 0 Å². The summed E-state index contributed by atoms with van der Waals surface area (Å²) >= 11 is 15.3. The van der Waals surface area contributed by atoms with E-state index in [-0.39, 0.29) is 25.7 Å². The van der Waals surface area contributed by atoms with Crippen LogP contribution in [0.25, 0.3) is 0 Å². The monoisotopic (exact) mass is 249 g/mol. The second-order valence-corrected chi connectivity index (χ2v) is 3.12. The summed E-state index contributed by atoms with van der Waals surface area (Å²) in [6.07, 6.45) is 0. The van der Waals surface area contributed by atoms with Gasteiger partial charge in [-0.2, -0.15) is 0 Å². The van der Waals surface area contributed by atoms with Gasteiger partial charge < -0.3 is 25.3 Å². The van der Waals surface area contributed by atoms with Crippen molar-refractivity contribution in [3.8, 4) is 0 Å². The number of thiol groups is 2. The average molecular weight is 250 g/mol. The number of nitrogens with two attached hydrogens (primary N) is 2. The molecule has 0 spiro atoms. The van der Waals surface area contributed by atoms with Gasteiger partial charge in [0.05, 0.1) is 0 Å². The molecule has 0 aromatic rings. The Bertz CT molecular complexity index is 74.6. The normalized spacial score (nSPS) is 5.78. The molecule has 9 heavy (non-hydrogen) atoms. The van der Waals surface area contributed by atoms with Gasteiger partial charge in [-0.15, -0.1) is 0 Å². The van der Waals surface area contributed by atoms with Gasteiger partial charge in [0.25, 0.3) is 0 Å². The molecule has 0 amide bonds. The zero-order chi connectivity index (χ0) is 7.15. The Labute approximate surface area is 86.4 Å². The van der Waals surface area contributed by atoms with Gasteiger partial charge in [0.15, 0.2) is 0 Å². The van der Waals surface area contributed by atoms with Crippen LogP contribution in [-0.4, -0.2) is 8.64 Å². The summed E-state index contributed by atoms with van der Waals surface area (Å²) in [6.45, 7) is 0. The van der Waals surface area contributed by atoms with Gasteiger partial charge in [-0.1, -0.05) is 0 Å². The maximum atomic E-state index is 4.71. The molecule has 0 saturated heterocycles. The van der Waals surface area contributed by atoms with Crippen LogP contribution in [0.2, 0.25) is 0 Å². The van der Waals surface area contributed by atoms with Crippen LogP contribution in [0.4, 0.5) is 0 Å². The molecule has 0 aliphatic rings. The molecule has 1 radical (unpaired) electrons. The van der Waals surface area contributed by atoms with Crippen LogP contribution in [0.1, 0.15) is 0 Å². The van der Waals surface area contributed by atoms with Gasteiger partial charge in [0, 0.05) is 0 Å². The van der Waals surface area contributed by atoms with Gasteiger partial charge >= 0.3 is 17.1 Å². The standard InChI is InChI=1S/2CH3NS2.Cu/c2*2-1(3)4;/h2*(H3,2,3,4);/q;;+2. The van der Waals surface area contributed by atoms with Crippen LogP contribution in [0.15, 0.2) is 0 Å². The molecule has 0 unspecified atom stereocenters. The Morgan fingerprint density at radius 2 is 1.00 bits per heavy atom. The average Bonchev–Trinajstić information content (AvgIpc) is 1.25. The van der Waals surface area contributed by atoms with E-state index in [9.17, 15) is 0 Å². The SMILES string of the molecule is NC([S-])=[SH+].NC([S-])=[SH+].[Cu+2]. The molecule has 2 nitrogen and oxygen atoms in total. The van der Waals surface area contributed by atoms with Crippen LogP contribution >= 0.6 is 0 Å². The summed E-state index contributed by atoms with van der Waals surface area (Å²) in [5.74, 6) is 0. The first-order valence-electron chi connectivity index (χ1n) is 1.43. The predicted octanol–water partition coefficient (Wildman–Crippen LogP) is -2.29. The molecule has 0 saturated carbocycles. The van der Waals surface area contributed by atoms with Crippen molar-refractivity contribution in [2.75, 3.05) is 0 Å². The quantitative estimate of drug-likeness (QED) is 0.167. The molecule has 4 N–H and O–H groups in total. The molecule has 0 heterocycles. The number of rotatable bonds is 0. The Morgan fingerprint density at radius 1 is 1.00 bits per heavy atom. The topological polar surface area (TPSA) is 52.0 Å². The fraction of sp³-hybridized carbons (Fsp3) is 0. The maximum absolute atomic E-state index is 4.71. The first-order valence-corrected chi connectivity index (χ1v) is 3.14. The molecule has 0 aromatic heterocycles. The Kier molecular flexibility index (Phi) is 22.4. The van der Waals surface area contributed by atoms with Crippen molar-refractivity contribution in [1.82, 2.24) is 0 Å². The van der Waals surface area contributed by atoms with Crippen LogP contribution < -0.4 is 11.5 Å². The van der Waals surface area contributed by atoms with Crippen molar-refractivity contribution in [3.63, 3.8) is 0 Å². The molecule has 0 aliphatic heterocycles. The summed E-state index contributed by atoms with van der Waals surface area (Å²) in [4.78, 5) is 0. The summed E-state index contributed by atoms with van der Waals surface area (Å²) < 4.78 is 0.389. The van der Waals surface area contributed by atoms with E-state index in [4.69, 9.17) is 11.5 Å². The minimum Gasteiger partial charge on any atom is -0.680 e. The Hall–Kier alpha value is 1.32. The minimum atomic E-state index is 0. The van der Waals surface area contributed by atoms with E-state index in [0.717, 1.165) is 0 Å². The molecule has 57 valence electrons. The van der Waals surface area contributed by atoms with E-state index in [1.54, 1.807) is 0 Å². The van der Waals surface area contributed by atoms with Crippen molar-refractivity contribution in [1.29, 1.82) is 0 Å². The largest absolute Gasteiger partial charge is 2.00 e. The van der Waals surface area contributed by atoms with Gasteiger partial charge in [0.2, 0.25) is 0 Å². The van der Waals surface area contributed by atoms with Crippen LogP contribution in [-0.2, 0) is 66.8 Å². The van der Waals surface area contributed by atoms with Crippen molar-refractivity contribution >= 4 is 58.3 Å². The Morgan fingerprint density at radius 3 is 1.00 bits per heavy atom. The second-order valence-electron chi connectivity index (χ2n) is 0.676. The maximum Gasteiger partial charge on any atom is 2.00 e. The fourth-order valence-corrected chi connectivity index (χ4v) is 0. The van der Waals surface area contributed by atoms with Crippen molar-refractivity contribution < 1.29 is 17.1 Å². The Balaban J connectivity index is -0.0000000720. The van der Waals surface area contributed by atoms with E-state index in [2.05, 4.69) is 49.7 Å². The molecule has 7 heteroatoms. The third-order valence-corrected chi connectivity index (χ3v) is 0. The summed E-state index contributed by atoms with van der Waals surface area (Å²) in [5, 5.41) is 0. The van der Waals surface area contributed by atoms with Gasteiger partial charge in [-0.05, 0) is 0 Å². The predicted molar refractivity (Wildman–Crippen MR) is 50.6 cm³/mol. The van der Waals surface area contributed by atoms with Crippen molar-refractivity contribution in [2.24, 2.45) is 11.5 Å². The second kappa shape index (κ2) is 12.0. The molecular formula is C2H6CuN2S4+2. The van der Waals surface area contributed by atoms with Crippen LogP contribution in [0.5, 0.6) is 0 Å². The molecule has 0 rings (SSSR count). The molecule has 0 bridgehead atoms. The zero-order valence-corrected chi connectivity index (χ0v) is 8.53. The first-order chi connectivity index (χ1) is 3.46. The minimum absolute atomic E-state index is 0. The first kappa shape index (κ1) is 16.7. The van der Waals surface area contributed by atoms with E-state index in [0.29, 0.717) is 0 Å². The van der Waals surface area contributed by atoms with Gasteiger partial charge in [0.1, 0.15) is 33.1 Å². The zero-order valence-electron chi connectivity index (χ0n) is 4.17. The van der Waals surface area contributed by atoms with Gasteiger partial charge in [-0.3, -0.25) is 11.5 Å². The third-order valence-electron chi connectivity index (χ3n) is 0. The summed E-state index contributed by atoms with van der Waals surface area (Å²) in [5.41, 5.74) is 9.41. The fourth-order valence-electron chi connectivity index (χ4n) is 0. The van der Waals surface area contributed by atoms with E-state index >= 15 is 0 Å². The van der Waals surface area contributed by atoms with E-state index < -0.39 is 0 Å². The van der Waals surface area contributed by atoms with E-state index in [1.807, 2.05) is 0 Å². The molecule has 0 atom stereocenters. The number of hydrogen-bond acceptors (Lipinski definition) is 2. The van der Waals surface area contributed by atoms with Crippen LogP contribution in [0.3, 0.4) is 0 Å². The van der Waals surface area contributed by atoms with Crippen LogP contribution in [0, 0.1) is 0 Å². The summed E-state index contributed by atoms with van der Waals surface area (Å²) in [7, 11) is 0. The molecule has 0 fully saturated rings. The summed E-state index contributed by atoms with van der Waals surface area (Å²) in [6, 6.07) is 0. The molecule has 0 aromatic carbocycles. The number of hydrogen-bond donors (Lipinski definition) is 2. The van der Waals surface area contributed by atoms with Gasteiger partial charge in [-0.25, -0.2) is 0 Å². The third kappa shape index (κ3) is 287.